The Hall–Kier alpha value is -2.42. The first kappa shape index (κ1) is 15.5. The van der Waals surface area contributed by atoms with Crippen LogP contribution in [0, 0.1) is 13.8 Å². The summed E-state index contributed by atoms with van der Waals surface area (Å²) in [5, 5.41) is 7.01. The van der Waals surface area contributed by atoms with Gasteiger partial charge in [0.25, 0.3) is 0 Å². The van der Waals surface area contributed by atoms with Gasteiger partial charge in [0.2, 0.25) is 0 Å². The molecule has 3 heteroatoms. The molecule has 0 aliphatic carbocycles. The third-order valence-corrected chi connectivity index (χ3v) is 4.05. The van der Waals surface area contributed by atoms with Gasteiger partial charge in [-0.25, -0.2) is 9.67 Å². The van der Waals surface area contributed by atoms with Crippen molar-refractivity contribution >= 4 is 10.8 Å². The van der Waals surface area contributed by atoms with Crippen molar-refractivity contribution in [1.29, 1.82) is 0 Å². The number of aromatic nitrogens is 3. The quantitative estimate of drug-likeness (QED) is 0.622. The molecule has 118 valence electrons. The molecule has 3 aromatic rings. The van der Waals surface area contributed by atoms with Crippen LogP contribution in [-0.4, -0.2) is 14.8 Å². The molecule has 3 nitrogen and oxygen atoms in total. The van der Waals surface area contributed by atoms with E-state index in [1.165, 1.54) is 16.3 Å². The van der Waals surface area contributed by atoms with Gasteiger partial charge in [-0.1, -0.05) is 54.6 Å². The zero-order valence-corrected chi connectivity index (χ0v) is 13.9. The van der Waals surface area contributed by atoms with Crippen LogP contribution in [0.2, 0.25) is 0 Å². The average molecular weight is 305 g/mol. The van der Waals surface area contributed by atoms with E-state index in [0.717, 1.165) is 37.5 Å². The molecule has 23 heavy (non-hydrogen) atoms. The van der Waals surface area contributed by atoms with Crippen LogP contribution in [0.3, 0.4) is 0 Å². The SMILES string of the molecule is Cc1nc(C)n(CC/C=C/CCc2ccc3ccccc3c2)n1. The van der Waals surface area contributed by atoms with Gasteiger partial charge in [-0.3, -0.25) is 0 Å². The number of benzene rings is 2. The molecule has 0 atom stereocenters. The third-order valence-electron chi connectivity index (χ3n) is 4.05. The molecule has 0 saturated carbocycles. The highest BCUT2D eigenvalue weighted by atomic mass is 15.3. The smallest absolute Gasteiger partial charge is 0.147 e. The molecule has 3 rings (SSSR count). The molecule has 0 bridgehead atoms. The van der Waals surface area contributed by atoms with Crippen LogP contribution < -0.4 is 0 Å². The van der Waals surface area contributed by atoms with Crippen LogP contribution in [0.1, 0.15) is 30.1 Å². The molecule has 1 heterocycles. The number of nitrogens with zero attached hydrogens (tertiary/aromatic N) is 3. The van der Waals surface area contributed by atoms with Gasteiger partial charge in [-0.15, -0.1) is 0 Å². The van der Waals surface area contributed by atoms with Gasteiger partial charge in [0.1, 0.15) is 11.6 Å². The number of fused-ring (bicyclic) bond motifs is 1. The first-order chi connectivity index (χ1) is 11.2. The lowest BCUT2D eigenvalue weighted by Gasteiger charge is -2.02. The van der Waals surface area contributed by atoms with Gasteiger partial charge < -0.3 is 0 Å². The fraction of sp³-hybridized carbons (Fsp3) is 0.300. The van der Waals surface area contributed by atoms with Crippen molar-refractivity contribution in [2.45, 2.75) is 39.7 Å². The second-order valence-corrected chi connectivity index (χ2v) is 5.91. The van der Waals surface area contributed by atoms with Crippen molar-refractivity contribution in [3.8, 4) is 0 Å². The lowest BCUT2D eigenvalue weighted by molar-refractivity contribution is 0.599. The molecule has 0 unspecified atom stereocenters. The zero-order valence-electron chi connectivity index (χ0n) is 13.9. The second kappa shape index (κ2) is 7.23. The van der Waals surface area contributed by atoms with Crippen LogP contribution >= 0.6 is 0 Å². The minimum absolute atomic E-state index is 0.850. The highest BCUT2D eigenvalue weighted by Crippen LogP contribution is 2.16. The largest absolute Gasteiger partial charge is 0.250 e. The van der Waals surface area contributed by atoms with E-state index in [9.17, 15) is 0 Å². The molecular formula is C20H23N3. The molecule has 0 spiro atoms. The van der Waals surface area contributed by atoms with E-state index < -0.39 is 0 Å². The predicted octanol–water partition coefficient (Wildman–Crippen LogP) is 4.63. The van der Waals surface area contributed by atoms with Crippen molar-refractivity contribution in [1.82, 2.24) is 14.8 Å². The molecule has 1 aromatic heterocycles. The highest BCUT2D eigenvalue weighted by Gasteiger charge is 2.00. The van der Waals surface area contributed by atoms with Gasteiger partial charge in [0.15, 0.2) is 0 Å². The number of rotatable bonds is 6. The van der Waals surface area contributed by atoms with E-state index in [4.69, 9.17) is 0 Å². The topological polar surface area (TPSA) is 30.7 Å². The van der Waals surface area contributed by atoms with Crippen molar-refractivity contribution in [3.63, 3.8) is 0 Å². The van der Waals surface area contributed by atoms with Crippen molar-refractivity contribution in [3.05, 3.63) is 71.8 Å². The monoisotopic (exact) mass is 305 g/mol. The van der Waals surface area contributed by atoms with E-state index in [1.54, 1.807) is 0 Å². The summed E-state index contributed by atoms with van der Waals surface area (Å²) in [4.78, 5) is 4.32. The van der Waals surface area contributed by atoms with Gasteiger partial charge in [0, 0.05) is 6.54 Å². The molecule has 0 aliphatic heterocycles. The van der Waals surface area contributed by atoms with E-state index in [0.29, 0.717) is 0 Å². The summed E-state index contributed by atoms with van der Waals surface area (Å²) in [6.45, 7) is 4.84. The molecule has 0 fully saturated rings. The van der Waals surface area contributed by atoms with Crippen LogP contribution in [0.5, 0.6) is 0 Å². The Morgan fingerprint density at radius 1 is 0.957 bits per heavy atom. The number of allylic oxidation sites excluding steroid dienone is 2. The maximum Gasteiger partial charge on any atom is 0.147 e. The Labute approximate surface area is 137 Å². The summed E-state index contributed by atoms with van der Waals surface area (Å²) in [6.07, 6.45) is 7.68. The molecule has 0 amide bonds. The summed E-state index contributed by atoms with van der Waals surface area (Å²) in [5.41, 5.74) is 1.40. The lowest BCUT2D eigenvalue weighted by atomic mass is 10.0. The molecular weight excluding hydrogens is 282 g/mol. The van der Waals surface area contributed by atoms with E-state index in [2.05, 4.69) is 64.7 Å². The molecule has 0 radical (unpaired) electrons. The lowest BCUT2D eigenvalue weighted by Crippen LogP contribution is -2.01. The minimum Gasteiger partial charge on any atom is -0.250 e. The highest BCUT2D eigenvalue weighted by molar-refractivity contribution is 5.82. The fourth-order valence-corrected chi connectivity index (χ4v) is 2.85. The van der Waals surface area contributed by atoms with Crippen molar-refractivity contribution in [2.24, 2.45) is 0 Å². The Morgan fingerprint density at radius 2 is 1.74 bits per heavy atom. The minimum atomic E-state index is 0.850. The molecule has 0 aliphatic rings. The van der Waals surface area contributed by atoms with E-state index in [-0.39, 0.29) is 0 Å². The summed E-state index contributed by atoms with van der Waals surface area (Å²) in [7, 11) is 0. The number of hydrogen-bond donors (Lipinski definition) is 0. The van der Waals surface area contributed by atoms with E-state index in [1.807, 2.05) is 18.5 Å². The number of hydrogen-bond acceptors (Lipinski definition) is 2. The zero-order chi connectivity index (χ0) is 16.1. The Balaban J connectivity index is 1.47. The molecule has 0 N–H and O–H groups in total. The summed E-state index contributed by atoms with van der Waals surface area (Å²) in [6, 6.07) is 15.3. The van der Waals surface area contributed by atoms with Gasteiger partial charge in [-0.05, 0) is 49.4 Å². The molecule has 2 aromatic carbocycles. The molecule has 0 saturated heterocycles. The number of aryl methyl sites for hydroxylation is 4. The predicted molar refractivity (Wildman–Crippen MR) is 95.5 cm³/mol. The summed E-state index contributed by atoms with van der Waals surface area (Å²) >= 11 is 0. The standard InChI is InChI=1S/C20H23N3/c1-16-21-17(2)23(22-16)14-8-4-3-5-9-18-12-13-19-10-6-7-11-20(19)15-18/h3-4,6-7,10-13,15H,5,8-9,14H2,1-2H3/b4-3+. The second-order valence-electron chi connectivity index (χ2n) is 5.91. The fourth-order valence-electron chi connectivity index (χ4n) is 2.85. The Kier molecular flexibility index (Phi) is 4.86. The van der Waals surface area contributed by atoms with Crippen LogP contribution in [0.4, 0.5) is 0 Å². The Morgan fingerprint density at radius 3 is 2.52 bits per heavy atom. The van der Waals surface area contributed by atoms with Crippen LogP contribution in [-0.2, 0) is 13.0 Å². The van der Waals surface area contributed by atoms with Gasteiger partial charge in [-0.2, -0.15) is 5.10 Å². The van der Waals surface area contributed by atoms with Crippen LogP contribution in [0.15, 0.2) is 54.6 Å². The van der Waals surface area contributed by atoms with E-state index >= 15 is 0 Å². The first-order valence-corrected chi connectivity index (χ1v) is 8.23. The maximum absolute atomic E-state index is 4.38. The average Bonchev–Trinajstić information content (AvgIpc) is 2.88. The van der Waals surface area contributed by atoms with Gasteiger partial charge >= 0.3 is 0 Å². The summed E-state index contributed by atoms with van der Waals surface area (Å²) in [5.74, 6) is 1.84. The third kappa shape index (κ3) is 4.07. The Bertz CT molecular complexity index is 815. The normalized spacial score (nSPS) is 11.6. The maximum atomic E-state index is 4.38. The first-order valence-electron chi connectivity index (χ1n) is 8.23. The summed E-state index contributed by atoms with van der Waals surface area (Å²) < 4.78 is 1.98. The van der Waals surface area contributed by atoms with Crippen molar-refractivity contribution in [2.75, 3.05) is 0 Å². The van der Waals surface area contributed by atoms with Gasteiger partial charge in [0.05, 0.1) is 0 Å². The van der Waals surface area contributed by atoms with Crippen LogP contribution in [0.25, 0.3) is 10.8 Å². The van der Waals surface area contributed by atoms with Crippen molar-refractivity contribution < 1.29 is 0 Å².